The number of nitrogens with two attached hydrogens (primary N) is 1. The van der Waals surface area contributed by atoms with Gasteiger partial charge in [0.25, 0.3) is 5.91 Å². The summed E-state index contributed by atoms with van der Waals surface area (Å²) in [5.41, 5.74) is 7.74. The van der Waals surface area contributed by atoms with Gasteiger partial charge in [0.2, 0.25) is 0 Å². The molecule has 3 saturated heterocycles. The van der Waals surface area contributed by atoms with E-state index in [1.807, 2.05) is 0 Å². The van der Waals surface area contributed by atoms with Crippen molar-refractivity contribution in [2.24, 2.45) is 5.92 Å². The third-order valence-corrected chi connectivity index (χ3v) is 6.79. The van der Waals surface area contributed by atoms with Crippen molar-refractivity contribution in [3.8, 4) is 0 Å². The smallest absolute Gasteiger partial charge is 0.410 e. The molecule has 0 bridgehead atoms. The molecule has 0 aromatic carbocycles. The summed E-state index contributed by atoms with van der Waals surface area (Å²) in [4.78, 5) is 39.1. The zero-order valence-corrected chi connectivity index (χ0v) is 18.9. The van der Waals surface area contributed by atoms with Crippen LogP contribution in [0.15, 0.2) is 18.5 Å². The molecule has 2 unspecified atom stereocenters. The summed E-state index contributed by atoms with van der Waals surface area (Å²) >= 11 is 0. The van der Waals surface area contributed by atoms with E-state index in [1.165, 1.54) is 0 Å². The van der Waals surface area contributed by atoms with Crippen molar-refractivity contribution in [3.63, 3.8) is 0 Å². The molecule has 3 aliphatic heterocycles. The van der Waals surface area contributed by atoms with Gasteiger partial charge in [-0.3, -0.25) is 9.36 Å². The van der Waals surface area contributed by atoms with Crippen molar-refractivity contribution in [1.29, 1.82) is 0 Å². The lowest BCUT2D eigenvalue weighted by atomic mass is 9.92. The first-order chi connectivity index (χ1) is 16.4. The molecule has 3 atom stereocenters. The molecule has 4 N–H and O–H groups in total. The summed E-state index contributed by atoms with van der Waals surface area (Å²) in [5.74, 6) is 1.11. The van der Waals surface area contributed by atoms with Gasteiger partial charge in [0.1, 0.15) is 17.4 Å². The number of hydrogen-bond acceptors (Lipinski definition) is 9. The van der Waals surface area contributed by atoms with Crippen LogP contribution >= 0.6 is 0 Å². The fraction of sp³-hybridized carbons (Fsp3) is 0.591. The van der Waals surface area contributed by atoms with Crippen LogP contribution in [-0.2, 0) is 20.7 Å². The van der Waals surface area contributed by atoms with Crippen LogP contribution in [0.25, 0.3) is 11.2 Å². The van der Waals surface area contributed by atoms with Crippen molar-refractivity contribution < 1.29 is 24.2 Å². The van der Waals surface area contributed by atoms with Crippen LogP contribution < -0.4 is 11.1 Å². The highest BCUT2D eigenvalue weighted by Gasteiger charge is 2.32. The minimum Gasteiger partial charge on any atom is -0.436 e. The molecular formula is C22H29N7O5. The van der Waals surface area contributed by atoms with E-state index in [0.717, 1.165) is 19.3 Å². The molecule has 0 saturated carbocycles. The maximum atomic E-state index is 12.4. The molecule has 0 radical (unpaired) electrons. The first-order valence-electron chi connectivity index (χ1n) is 11.6. The van der Waals surface area contributed by atoms with Crippen LogP contribution in [0.2, 0.25) is 0 Å². The lowest BCUT2D eigenvalue weighted by Gasteiger charge is -2.31. The molecule has 182 valence electrons. The number of piperidine rings is 1. The third kappa shape index (κ3) is 4.30. The molecule has 2 amide bonds. The Bertz CT molecular complexity index is 1110. The topological polar surface area (TPSA) is 158 Å². The van der Waals surface area contributed by atoms with Gasteiger partial charge in [-0.05, 0) is 25.2 Å². The van der Waals surface area contributed by atoms with E-state index in [1.54, 1.807) is 15.8 Å². The average Bonchev–Trinajstić information content (AvgIpc) is 3.52. The van der Waals surface area contributed by atoms with Crippen molar-refractivity contribution in [1.82, 2.24) is 29.7 Å². The third-order valence-electron chi connectivity index (χ3n) is 6.79. The SMILES string of the molecule is C=C1C(O)CO[C@H]1n1cnc2c(N)nc(CCC3CCN(C(=O)OC4CCNC4=O)CC3)nc21. The molecule has 2 aromatic heterocycles. The largest absolute Gasteiger partial charge is 0.436 e. The first kappa shape index (κ1) is 22.5. The van der Waals surface area contributed by atoms with E-state index in [9.17, 15) is 14.7 Å². The number of anilines is 1. The number of rotatable bonds is 5. The molecular weight excluding hydrogens is 442 g/mol. The van der Waals surface area contributed by atoms with Crippen molar-refractivity contribution in [3.05, 3.63) is 24.3 Å². The summed E-state index contributed by atoms with van der Waals surface area (Å²) in [6.45, 7) is 5.83. The van der Waals surface area contributed by atoms with Crippen molar-refractivity contribution in [2.45, 2.75) is 50.5 Å². The Hall–Kier alpha value is -3.25. The Morgan fingerprint density at radius 1 is 1.32 bits per heavy atom. The highest BCUT2D eigenvalue weighted by Crippen LogP contribution is 2.31. The van der Waals surface area contributed by atoms with Crippen molar-refractivity contribution >= 4 is 29.0 Å². The number of aromatic nitrogens is 4. The van der Waals surface area contributed by atoms with Crippen LogP contribution in [0.3, 0.4) is 0 Å². The Kier molecular flexibility index (Phi) is 6.09. The molecule has 3 fully saturated rings. The van der Waals surface area contributed by atoms with Crippen LogP contribution in [0.5, 0.6) is 0 Å². The van der Waals surface area contributed by atoms with Crippen LogP contribution in [0, 0.1) is 5.92 Å². The molecule has 2 aromatic rings. The molecule has 3 aliphatic rings. The molecule has 5 rings (SSSR count). The Morgan fingerprint density at radius 2 is 2.12 bits per heavy atom. The molecule has 0 aliphatic carbocycles. The highest BCUT2D eigenvalue weighted by molar-refractivity contribution is 5.85. The maximum absolute atomic E-state index is 12.4. The number of carbonyl (C=O) groups is 2. The van der Waals surface area contributed by atoms with Crippen LogP contribution in [-0.4, -0.2) is 80.0 Å². The normalized spacial score (nSPS) is 25.8. The lowest BCUT2D eigenvalue weighted by Crippen LogP contribution is -2.41. The number of aliphatic hydroxyl groups excluding tert-OH is 1. The monoisotopic (exact) mass is 471 g/mol. The predicted octanol–water partition coefficient (Wildman–Crippen LogP) is 0.524. The molecule has 0 spiro atoms. The van der Waals surface area contributed by atoms with Gasteiger partial charge in [-0.2, -0.15) is 0 Å². The molecule has 12 nitrogen and oxygen atoms in total. The maximum Gasteiger partial charge on any atom is 0.410 e. The van der Waals surface area contributed by atoms with Gasteiger partial charge >= 0.3 is 6.09 Å². The van der Waals surface area contributed by atoms with E-state index in [0.29, 0.717) is 66.8 Å². The summed E-state index contributed by atoms with van der Waals surface area (Å²) in [5, 5.41) is 12.6. The molecule has 12 heteroatoms. The number of imidazole rings is 1. The van der Waals surface area contributed by atoms with Gasteiger partial charge in [-0.1, -0.05) is 6.58 Å². The summed E-state index contributed by atoms with van der Waals surface area (Å²) < 4.78 is 12.7. The summed E-state index contributed by atoms with van der Waals surface area (Å²) in [7, 11) is 0. The second-order valence-corrected chi connectivity index (χ2v) is 9.05. The van der Waals surface area contributed by atoms with E-state index in [2.05, 4.69) is 26.8 Å². The van der Waals surface area contributed by atoms with Gasteiger partial charge in [0, 0.05) is 38.0 Å². The number of carbonyl (C=O) groups excluding carboxylic acids is 2. The van der Waals surface area contributed by atoms with E-state index < -0.39 is 24.5 Å². The number of fused-ring (bicyclic) bond motifs is 1. The number of aliphatic hydroxyl groups is 1. The van der Waals surface area contributed by atoms with Gasteiger partial charge in [-0.15, -0.1) is 0 Å². The second kappa shape index (κ2) is 9.18. The fourth-order valence-corrected chi connectivity index (χ4v) is 4.71. The number of likely N-dealkylation sites (tertiary alicyclic amines) is 1. The fourth-order valence-electron chi connectivity index (χ4n) is 4.71. The number of ether oxygens (including phenoxy) is 2. The Labute approximate surface area is 196 Å². The number of nitrogens with zero attached hydrogens (tertiary/aromatic N) is 5. The minimum atomic E-state index is -0.723. The second-order valence-electron chi connectivity index (χ2n) is 9.05. The van der Waals surface area contributed by atoms with E-state index in [-0.39, 0.29) is 12.5 Å². The van der Waals surface area contributed by atoms with E-state index >= 15 is 0 Å². The van der Waals surface area contributed by atoms with Gasteiger partial charge < -0.3 is 30.5 Å². The van der Waals surface area contributed by atoms with Crippen LogP contribution in [0.4, 0.5) is 10.6 Å². The van der Waals surface area contributed by atoms with Crippen molar-refractivity contribution in [2.75, 3.05) is 32.0 Å². The number of nitrogens with one attached hydrogen (secondary N) is 1. The number of amides is 2. The van der Waals surface area contributed by atoms with Gasteiger partial charge in [-0.25, -0.2) is 19.7 Å². The lowest BCUT2D eigenvalue weighted by molar-refractivity contribution is -0.126. The first-order valence-corrected chi connectivity index (χ1v) is 11.6. The highest BCUT2D eigenvalue weighted by atomic mass is 16.6. The summed E-state index contributed by atoms with van der Waals surface area (Å²) in [6, 6.07) is 0. The van der Waals surface area contributed by atoms with Crippen LogP contribution in [0.1, 0.15) is 37.7 Å². The standard InChI is InChI=1S/C22H29N7O5/c1-12-14(30)10-33-21(12)29-11-25-17-18(23)26-16(27-19(17)29)3-2-13-5-8-28(9-6-13)22(32)34-15-4-7-24-20(15)31/h11,13-15,21,30H,1-10H2,(H,24,31)(H2,23,26,27)/t14?,15?,21-/m1/s1. The number of aryl methyl sites for hydroxylation is 1. The minimum absolute atomic E-state index is 0.177. The number of hydrogen-bond donors (Lipinski definition) is 3. The molecule has 34 heavy (non-hydrogen) atoms. The van der Waals surface area contributed by atoms with E-state index in [4.69, 9.17) is 15.2 Å². The quantitative estimate of drug-likeness (QED) is 0.529. The Balaban J connectivity index is 1.18. The number of nitrogen functional groups attached to an aromatic ring is 1. The zero-order valence-electron chi connectivity index (χ0n) is 18.9. The Morgan fingerprint density at radius 3 is 2.79 bits per heavy atom. The average molecular weight is 472 g/mol. The zero-order chi connectivity index (χ0) is 23.8. The van der Waals surface area contributed by atoms with Gasteiger partial charge in [0.15, 0.2) is 23.8 Å². The van der Waals surface area contributed by atoms with Gasteiger partial charge in [0.05, 0.1) is 12.9 Å². The predicted molar refractivity (Wildman–Crippen MR) is 120 cm³/mol. The summed E-state index contributed by atoms with van der Waals surface area (Å²) in [6.07, 6.45) is 2.93. The molecule has 5 heterocycles.